The van der Waals surface area contributed by atoms with Gasteiger partial charge in [-0.05, 0) is 37.5 Å². The molecule has 2 aromatic heterocycles. The van der Waals surface area contributed by atoms with Gasteiger partial charge in [0.1, 0.15) is 24.8 Å². The molecule has 8 nitrogen and oxygen atoms in total. The molecule has 1 N–H and O–H groups in total. The molecule has 0 saturated carbocycles. The van der Waals surface area contributed by atoms with Gasteiger partial charge in [0, 0.05) is 24.8 Å². The van der Waals surface area contributed by atoms with Crippen LogP contribution < -0.4 is 10.2 Å². The zero-order chi connectivity index (χ0) is 18.6. The third-order valence-electron chi connectivity index (χ3n) is 4.69. The van der Waals surface area contributed by atoms with Crippen LogP contribution in [0.15, 0.2) is 49.3 Å². The Morgan fingerprint density at radius 2 is 2.07 bits per heavy atom. The zero-order valence-electron chi connectivity index (χ0n) is 15.1. The van der Waals surface area contributed by atoms with Crippen LogP contribution in [0.1, 0.15) is 18.4 Å². The number of hydrogen-bond acceptors (Lipinski definition) is 6. The summed E-state index contributed by atoms with van der Waals surface area (Å²) in [6.45, 7) is 3.51. The van der Waals surface area contributed by atoms with Gasteiger partial charge in [0.05, 0.1) is 5.92 Å². The molecule has 1 unspecified atom stereocenters. The third-order valence-corrected chi connectivity index (χ3v) is 4.69. The Labute approximate surface area is 157 Å². The molecule has 4 rings (SSSR count). The lowest BCUT2D eigenvalue weighted by atomic mass is 9.97. The van der Waals surface area contributed by atoms with Gasteiger partial charge in [-0.3, -0.25) is 4.79 Å². The van der Waals surface area contributed by atoms with E-state index in [-0.39, 0.29) is 11.8 Å². The van der Waals surface area contributed by atoms with E-state index in [4.69, 9.17) is 0 Å². The van der Waals surface area contributed by atoms with Crippen molar-refractivity contribution in [3.05, 3.63) is 54.9 Å². The maximum atomic E-state index is 12.7. The van der Waals surface area contributed by atoms with Gasteiger partial charge in [0.15, 0.2) is 5.82 Å². The van der Waals surface area contributed by atoms with Crippen LogP contribution in [0.2, 0.25) is 0 Å². The van der Waals surface area contributed by atoms with Crippen molar-refractivity contribution in [2.75, 3.05) is 23.3 Å². The van der Waals surface area contributed by atoms with E-state index in [1.807, 2.05) is 37.3 Å². The number of amides is 1. The van der Waals surface area contributed by atoms with E-state index < -0.39 is 0 Å². The summed E-state index contributed by atoms with van der Waals surface area (Å²) in [5.74, 6) is 1.42. The Hall–Kier alpha value is -3.29. The molecule has 3 aromatic rings. The van der Waals surface area contributed by atoms with Crippen molar-refractivity contribution in [1.82, 2.24) is 24.7 Å². The number of hydrogen-bond donors (Lipinski definition) is 1. The molecule has 1 saturated heterocycles. The number of benzene rings is 1. The topological polar surface area (TPSA) is 88.8 Å². The summed E-state index contributed by atoms with van der Waals surface area (Å²) in [6.07, 6.45) is 6.39. The third kappa shape index (κ3) is 3.94. The fourth-order valence-corrected chi connectivity index (χ4v) is 3.33. The van der Waals surface area contributed by atoms with Gasteiger partial charge in [-0.25, -0.2) is 19.6 Å². The number of aromatic nitrogens is 5. The van der Waals surface area contributed by atoms with E-state index in [0.29, 0.717) is 12.4 Å². The fourth-order valence-electron chi connectivity index (χ4n) is 3.33. The van der Waals surface area contributed by atoms with Gasteiger partial charge in [-0.15, -0.1) is 0 Å². The highest BCUT2D eigenvalue weighted by molar-refractivity contribution is 5.93. The van der Waals surface area contributed by atoms with Crippen molar-refractivity contribution in [2.45, 2.75) is 19.8 Å². The van der Waals surface area contributed by atoms with Gasteiger partial charge in [0.25, 0.3) is 0 Å². The molecule has 8 heteroatoms. The number of nitrogens with one attached hydrogen (secondary N) is 1. The van der Waals surface area contributed by atoms with E-state index in [1.165, 1.54) is 12.7 Å². The zero-order valence-corrected chi connectivity index (χ0v) is 15.1. The monoisotopic (exact) mass is 363 g/mol. The fraction of sp³-hybridized carbons (Fsp3) is 0.316. The first kappa shape index (κ1) is 17.1. The standard InChI is InChI=1S/C19H21N7O/c1-14-4-2-6-16(8-14)24-19(27)15-5-3-7-25(10-15)17-9-18(22-12-21-17)26-13-20-11-23-26/h2,4,6,8-9,11-13,15H,3,5,7,10H2,1H3,(H,24,27). The van der Waals surface area contributed by atoms with Crippen molar-refractivity contribution in [1.29, 1.82) is 0 Å². The molecular formula is C19H21N7O. The minimum atomic E-state index is -0.0796. The van der Waals surface area contributed by atoms with Crippen LogP contribution in [0.5, 0.6) is 0 Å². The largest absolute Gasteiger partial charge is 0.356 e. The number of carbonyl (C=O) groups is 1. The van der Waals surface area contributed by atoms with Crippen molar-refractivity contribution in [3.63, 3.8) is 0 Å². The quantitative estimate of drug-likeness (QED) is 0.765. The van der Waals surface area contributed by atoms with Crippen LogP contribution in [-0.4, -0.2) is 43.7 Å². The summed E-state index contributed by atoms with van der Waals surface area (Å²) in [4.78, 5) is 27.4. The van der Waals surface area contributed by atoms with Crippen LogP contribution in [0.3, 0.4) is 0 Å². The first-order chi connectivity index (χ1) is 13.2. The molecule has 27 heavy (non-hydrogen) atoms. The summed E-state index contributed by atoms with van der Waals surface area (Å²) in [5, 5.41) is 7.14. The highest BCUT2D eigenvalue weighted by atomic mass is 16.1. The van der Waals surface area contributed by atoms with Crippen molar-refractivity contribution >= 4 is 17.4 Å². The molecular weight excluding hydrogens is 342 g/mol. The predicted octanol–water partition coefficient (Wildman–Crippen LogP) is 2.22. The summed E-state index contributed by atoms with van der Waals surface area (Å²) in [5.41, 5.74) is 1.97. The first-order valence-electron chi connectivity index (χ1n) is 8.98. The summed E-state index contributed by atoms with van der Waals surface area (Å²) in [6, 6.07) is 9.73. The van der Waals surface area contributed by atoms with Crippen LogP contribution >= 0.6 is 0 Å². The number of anilines is 2. The van der Waals surface area contributed by atoms with E-state index in [1.54, 1.807) is 11.0 Å². The summed E-state index contributed by atoms with van der Waals surface area (Å²) >= 11 is 0. The molecule has 1 aliphatic rings. The number of nitrogens with zero attached hydrogens (tertiary/aromatic N) is 6. The molecule has 138 valence electrons. The molecule has 1 aliphatic heterocycles. The lowest BCUT2D eigenvalue weighted by Gasteiger charge is -2.32. The molecule has 1 fully saturated rings. The molecule has 0 spiro atoms. The van der Waals surface area contributed by atoms with Crippen LogP contribution in [-0.2, 0) is 4.79 Å². The maximum Gasteiger partial charge on any atom is 0.229 e. The van der Waals surface area contributed by atoms with Crippen LogP contribution in [0, 0.1) is 12.8 Å². The lowest BCUT2D eigenvalue weighted by Crippen LogP contribution is -2.41. The first-order valence-corrected chi connectivity index (χ1v) is 8.98. The molecule has 3 heterocycles. The van der Waals surface area contributed by atoms with Gasteiger partial charge >= 0.3 is 0 Å². The SMILES string of the molecule is Cc1cccc(NC(=O)C2CCCN(c3cc(-n4cncn4)ncn3)C2)c1. The van der Waals surface area contributed by atoms with E-state index in [0.717, 1.165) is 36.5 Å². The van der Waals surface area contributed by atoms with Crippen LogP contribution in [0.4, 0.5) is 11.5 Å². The Balaban J connectivity index is 1.46. The number of piperidine rings is 1. The van der Waals surface area contributed by atoms with E-state index in [2.05, 4.69) is 30.3 Å². The maximum absolute atomic E-state index is 12.7. The lowest BCUT2D eigenvalue weighted by molar-refractivity contribution is -0.120. The Kier molecular flexibility index (Phi) is 4.78. The molecule has 0 aliphatic carbocycles. The van der Waals surface area contributed by atoms with E-state index >= 15 is 0 Å². The minimum Gasteiger partial charge on any atom is -0.356 e. The average Bonchev–Trinajstić information content (AvgIpc) is 3.23. The van der Waals surface area contributed by atoms with Crippen molar-refractivity contribution in [2.24, 2.45) is 5.92 Å². The van der Waals surface area contributed by atoms with Crippen molar-refractivity contribution < 1.29 is 4.79 Å². The second kappa shape index (κ2) is 7.53. The van der Waals surface area contributed by atoms with Gasteiger partial charge in [0.2, 0.25) is 5.91 Å². The second-order valence-electron chi connectivity index (χ2n) is 6.72. The van der Waals surface area contributed by atoms with Gasteiger partial charge < -0.3 is 10.2 Å². The average molecular weight is 363 g/mol. The number of carbonyl (C=O) groups excluding carboxylic acids is 1. The number of rotatable bonds is 4. The van der Waals surface area contributed by atoms with Gasteiger partial charge in [-0.1, -0.05) is 12.1 Å². The minimum absolute atomic E-state index is 0.0517. The highest BCUT2D eigenvalue weighted by Gasteiger charge is 2.27. The molecule has 0 radical (unpaired) electrons. The van der Waals surface area contributed by atoms with E-state index in [9.17, 15) is 4.79 Å². The summed E-state index contributed by atoms with van der Waals surface area (Å²) < 4.78 is 1.59. The smallest absolute Gasteiger partial charge is 0.229 e. The van der Waals surface area contributed by atoms with Gasteiger partial charge in [-0.2, -0.15) is 5.10 Å². The van der Waals surface area contributed by atoms with Crippen molar-refractivity contribution in [3.8, 4) is 5.82 Å². The predicted molar refractivity (Wildman–Crippen MR) is 102 cm³/mol. The Morgan fingerprint density at radius 1 is 1.19 bits per heavy atom. The Morgan fingerprint density at radius 3 is 2.89 bits per heavy atom. The summed E-state index contributed by atoms with van der Waals surface area (Å²) in [7, 11) is 0. The second-order valence-corrected chi connectivity index (χ2v) is 6.72. The molecule has 1 aromatic carbocycles. The molecule has 1 atom stereocenters. The van der Waals surface area contributed by atoms with Crippen LogP contribution in [0.25, 0.3) is 5.82 Å². The highest BCUT2D eigenvalue weighted by Crippen LogP contribution is 2.23. The molecule has 1 amide bonds. The molecule has 0 bridgehead atoms. The normalized spacial score (nSPS) is 16.9. The Bertz CT molecular complexity index is 925. The number of aryl methyl sites for hydroxylation is 1.